The van der Waals surface area contributed by atoms with E-state index in [1.807, 2.05) is 55.4 Å². The molecule has 1 amide bonds. The van der Waals surface area contributed by atoms with Crippen molar-refractivity contribution in [1.82, 2.24) is 25.5 Å². The number of carbonyl (C=O) groups is 1. The van der Waals surface area contributed by atoms with E-state index < -0.39 is 0 Å². The monoisotopic (exact) mass is 372 g/mol. The number of ether oxygens (including phenoxy) is 1. The molecule has 146 valence electrons. The number of aromatic amines is 1. The van der Waals surface area contributed by atoms with Gasteiger partial charge in [-0.15, -0.1) is 0 Å². The number of nitrogens with zero attached hydrogens (tertiary/aromatic N) is 3. The van der Waals surface area contributed by atoms with Gasteiger partial charge in [-0.2, -0.15) is 0 Å². The van der Waals surface area contributed by atoms with Crippen LogP contribution >= 0.6 is 0 Å². The summed E-state index contributed by atoms with van der Waals surface area (Å²) in [7, 11) is 3.51. The lowest BCUT2D eigenvalue weighted by Crippen LogP contribution is -2.40. The second-order valence-corrected chi connectivity index (χ2v) is 5.98. The van der Waals surface area contributed by atoms with Crippen LogP contribution in [0.25, 0.3) is 11.3 Å². The average molecular weight is 372 g/mol. The molecule has 1 aromatic carbocycles. The molecule has 8 heteroatoms. The van der Waals surface area contributed by atoms with E-state index >= 15 is 0 Å². The predicted molar refractivity (Wildman–Crippen MR) is 106 cm³/mol. The van der Waals surface area contributed by atoms with E-state index in [2.05, 4.69) is 25.6 Å². The van der Waals surface area contributed by atoms with Gasteiger partial charge in [0.25, 0.3) is 0 Å². The van der Waals surface area contributed by atoms with Crippen LogP contribution in [0.15, 0.2) is 41.5 Å². The molecule has 0 unspecified atom stereocenters. The lowest BCUT2D eigenvalue weighted by molar-refractivity contribution is -0.119. The first-order valence-corrected chi connectivity index (χ1v) is 8.98. The molecule has 0 aliphatic heterocycles. The van der Waals surface area contributed by atoms with E-state index in [0.29, 0.717) is 32.2 Å². The first kappa shape index (κ1) is 20.4. The molecule has 0 aliphatic rings. The summed E-state index contributed by atoms with van der Waals surface area (Å²) in [6, 6.07) is 10.0. The van der Waals surface area contributed by atoms with E-state index in [-0.39, 0.29) is 12.5 Å². The highest BCUT2D eigenvalue weighted by Crippen LogP contribution is 2.16. The van der Waals surface area contributed by atoms with E-state index in [1.165, 1.54) is 0 Å². The fourth-order valence-corrected chi connectivity index (χ4v) is 2.47. The van der Waals surface area contributed by atoms with E-state index in [0.717, 1.165) is 17.1 Å². The number of amides is 1. The van der Waals surface area contributed by atoms with Crippen LogP contribution in [0.1, 0.15) is 12.7 Å². The number of hydrogen-bond donors (Lipinski definition) is 3. The van der Waals surface area contributed by atoms with Gasteiger partial charge in [-0.1, -0.05) is 30.3 Å². The van der Waals surface area contributed by atoms with Gasteiger partial charge in [0.05, 0.1) is 25.0 Å². The maximum atomic E-state index is 11.8. The van der Waals surface area contributed by atoms with Crippen LogP contribution in [0, 0.1) is 0 Å². The first-order valence-electron chi connectivity index (χ1n) is 8.98. The Morgan fingerprint density at radius 3 is 2.78 bits per heavy atom. The molecular weight excluding hydrogens is 344 g/mol. The van der Waals surface area contributed by atoms with Crippen LogP contribution in [0.4, 0.5) is 0 Å². The second-order valence-electron chi connectivity index (χ2n) is 5.98. The Bertz CT molecular complexity index is 729. The van der Waals surface area contributed by atoms with Crippen molar-refractivity contribution in [2.75, 3.05) is 40.4 Å². The highest BCUT2D eigenvalue weighted by Gasteiger charge is 2.10. The molecule has 1 aromatic heterocycles. The van der Waals surface area contributed by atoms with Gasteiger partial charge in [-0.05, 0) is 12.5 Å². The fourth-order valence-electron chi connectivity index (χ4n) is 2.47. The third-order valence-corrected chi connectivity index (χ3v) is 3.80. The summed E-state index contributed by atoms with van der Waals surface area (Å²) >= 11 is 0. The summed E-state index contributed by atoms with van der Waals surface area (Å²) in [6.45, 7) is 4.27. The second kappa shape index (κ2) is 11.0. The van der Waals surface area contributed by atoms with Crippen molar-refractivity contribution in [2.24, 2.45) is 4.99 Å². The van der Waals surface area contributed by atoms with Crippen molar-refractivity contribution in [1.29, 1.82) is 0 Å². The summed E-state index contributed by atoms with van der Waals surface area (Å²) in [5.74, 6) is 1.34. The number of hydrogen-bond acceptors (Lipinski definition) is 4. The molecule has 3 N–H and O–H groups in total. The van der Waals surface area contributed by atoms with E-state index in [1.54, 1.807) is 7.11 Å². The minimum absolute atomic E-state index is 0.0593. The Morgan fingerprint density at radius 2 is 2.07 bits per heavy atom. The molecule has 0 saturated heterocycles. The number of H-pyrrole nitrogens is 1. The lowest BCUT2D eigenvalue weighted by atomic mass is 10.2. The van der Waals surface area contributed by atoms with Crippen molar-refractivity contribution in [3.8, 4) is 11.3 Å². The number of nitrogens with one attached hydrogen (secondary N) is 3. The van der Waals surface area contributed by atoms with Crippen LogP contribution in [0.2, 0.25) is 0 Å². The third kappa shape index (κ3) is 6.74. The van der Waals surface area contributed by atoms with Gasteiger partial charge < -0.3 is 25.3 Å². The smallest absolute Gasteiger partial charge is 0.241 e. The molecule has 0 bridgehead atoms. The number of benzene rings is 1. The van der Waals surface area contributed by atoms with Gasteiger partial charge in [0.1, 0.15) is 12.4 Å². The van der Waals surface area contributed by atoms with E-state index in [9.17, 15) is 4.79 Å². The quantitative estimate of drug-likeness (QED) is 0.350. The van der Waals surface area contributed by atoms with Crippen LogP contribution in [-0.4, -0.2) is 67.1 Å². The Hall–Kier alpha value is -2.87. The maximum absolute atomic E-state index is 11.8. The molecule has 27 heavy (non-hydrogen) atoms. The Labute approximate surface area is 160 Å². The summed E-state index contributed by atoms with van der Waals surface area (Å²) in [5, 5.41) is 5.95. The van der Waals surface area contributed by atoms with Crippen LogP contribution in [0.5, 0.6) is 0 Å². The van der Waals surface area contributed by atoms with Crippen LogP contribution < -0.4 is 10.6 Å². The molecule has 8 nitrogen and oxygen atoms in total. The first-order chi connectivity index (χ1) is 13.1. The van der Waals surface area contributed by atoms with Gasteiger partial charge in [0.2, 0.25) is 5.91 Å². The van der Waals surface area contributed by atoms with Crippen molar-refractivity contribution in [2.45, 2.75) is 13.5 Å². The normalized spacial score (nSPS) is 11.3. The number of aliphatic imine (C=N–C) groups is 1. The molecule has 0 saturated carbocycles. The minimum Gasteiger partial charge on any atom is -0.383 e. The zero-order valence-electron chi connectivity index (χ0n) is 16.2. The standard InChI is InChI=1S/C19H28N6O2/c1-4-20-19(23-13-18(26)21-10-11-27-3)25(2)14-17-22-12-16(24-17)15-8-6-5-7-9-15/h5-9,12H,4,10-11,13-14H2,1-3H3,(H,20,23)(H,21,26)(H,22,24). The highest BCUT2D eigenvalue weighted by molar-refractivity contribution is 5.84. The molecule has 0 fully saturated rings. The molecule has 0 atom stereocenters. The Kier molecular flexibility index (Phi) is 8.31. The molecule has 0 aliphatic carbocycles. The van der Waals surface area contributed by atoms with Crippen molar-refractivity contribution < 1.29 is 9.53 Å². The van der Waals surface area contributed by atoms with Gasteiger partial charge in [-0.25, -0.2) is 9.98 Å². The topological polar surface area (TPSA) is 94.6 Å². The molecular formula is C19H28N6O2. The molecule has 1 heterocycles. The number of carbonyl (C=O) groups excluding carboxylic acids is 1. The lowest BCUT2D eigenvalue weighted by Gasteiger charge is -2.21. The zero-order valence-corrected chi connectivity index (χ0v) is 16.2. The highest BCUT2D eigenvalue weighted by atomic mass is 16.5. The van der Waals surface area contributed by atoms with Crippen LogP contribution in [-0.2, 0) is 16.1 Å². The Morgan fingerprint density at radius 1 is 1.30 bits per heavy atom. The number of methoxy groups -OCH3 is 1. The summed E-state index contributed by atoms with van der Waals surface area (Å²) in [5.41, 5.74) is 2.06. The zero-order chi connectivity index (χ0) is 19.5. The number of guanidine groups is 1. The van der Waals surface area contributed by atoms with Crippen molar-refractivity contribution in [3.05, 3.63) is 42.4 Å². The number of aromatic nitrogens is 2. The van der Waals surface area contributed by atoms with Gasteiger partial charge in [-0.3, -0.25) is 4.79 Å². The largest absolute Gasteiger partial charge is 0.383 e. The molecule has 2 aromatic rings. The van der Waals surface area contributed by atoms with E-state index in [4.69, 9.17) is 4.74 Å². The molecule has 2 rings (SSSR count). The third-order valence-electron chi connectivity index (χ3n) is 3.80. The number of rotatable bonds is 9. The van der Waals surface area contributed by atoms with Gasteiger partial charge >= 0.3 is 0 Å². The van der Waals surface area contributed by atoms with Crippen molar-refractivity contribution >= 4 is 11.9 Å². The van der Waals surface area contributed by atoms with Crippen molar-refractivity contribution in [3.63, 3.8) is 0 Å². The van der Waals surface area contributed by atoms with Gasteiger partial charge in [0.15, 0.2) is 5.96 Å². The molecule has 0 radical (unpaired) electrons. The van der Waals surface area contributed by atoms with Crippen LogP contribution in [0.3, 0.4) is 0 Å². The minimum atomic E-state index is -0.139. The van der Waals surface area contributed by atoms with Gasteiger partial charge in [0, 0.05) is 27.2 Å². The predicted octanol–water partition coefficient (Wildman–Crippen LogP) is 1.24. The fraction of sp³-hybridized carbons (Fsp3) is 0.421. The number of imidazole rings is 1. The summed E-state index contributed by atoms with van der Waals surface area (Å²) in [4.78, 5) is 25.9. The maximum Gasteiger partial charge on any atom is 0.241 e. The SMILES string of the molecule is CCNC(=NCC(=O)NCCOC)N(C)Cc1ncc(-c2ccccc2)[nH]1. The summed E-state index contributed by atoms with van der Waals surface area (Å²) in [6.07, 6.45) is 1.83. The average Bonchev–Trinajstić information content (AvgIpc) is 3.14. The molecule has 0 spiro atoms. The Balaban J connectivity index is 1.96. The summed E-state index contributed by atoms with van der Waals surface area (Å²) < 4.78 is 4.91.